The van der Waals surface area contributed by atoms with Gasteiger partial charge >= 0.3 is 6.09 Å². The van der Waals surface area contributed by atoms with Crippen LogP contribution in [0.2, 0.25) is 0 Å². The molecule has 1 atom stereocenters. The quantitative estimate of drug-likeness (QED) is 0.638. The fourth-order valence-electron chi connectivity index (χ4n) is 5.34. The summed E-state index contributed by atoms with van der Waals surface area (Å²) in [4.78, 5) is 16.5. The number of halogens is 1. The Morgan fingerprint density at radius 2 is 1.89 bits per heavy atom. The number of hydrogen-bond acceptors (Lipinski definition) is 6. The first kappa shape index (κ1) is 26.2. The van der Waals surface area contributed by atoms with E-state index in [4.69, 9.17) is 14.2 Å². The van der Waals surface area contributed by atoms with Gasteiger partial charge in [-0.15, -0.1) is 0 Å². The summed E-state index contributed by atoms with van der Waals surface area (Å²) in [5.74, 6) is 0.595. The highest BCUT2D eigenvalue weighted by atomic mass is 19.1. The molecule has 1 aromatic carbocycles. The predicted octanol–water partition coefficient (Wildman–Crippen LogP) is 4.32. The lowest BCUT2D eigenvalue weighted by Gasteiger charge is -2.47. The molecule has 1 N–H and O–H groups in total. The number of carbonyl (C=O) groups is 1. The van der Waals surface area contributed by atoms with E-state index in [2.05, 4.69) is 4.90 Å². The third kappa shape index (κ3) is 6.66. The van der Waals surface area contributed by atoms with E-state index >= 15 is 0 Å². The third-order valence-corrected chi connectivity index (χ3v) is 7.23. The normalized spacial score (nSPS) is 23.4. The van der Waals surface area contributed by atoms with Gasteiger partial charge in [0.25, 0.3) is 0 Å². The van der Waals surface area contributed by atoms with Gasteiger partial charge in [-0.25, -0.2) is 9.18 Å². The maximum absolute atomic E-state index is 13.9. The Kier molecular flexibility index (Phi) is 7.38. The van der Waals surface area contributed by atoms with Crippen LogP contribution in [0.15, 0.2) is 18.2 Å². The molecule has 0 aromatic heterocycles. The van der Waals surface area contributed by atoms with Gasteiger partial charge in [-0.1, -0.05) is 6.07 Å². The number of piperidine rings is 1. The highest BCUT2D eigenvalue weighted by molar-refractivity contribution is 5.69. The predicted molar refractivity (Wildman–Crippen MR) is 131 cm³/mol. The van der Waals surface area contributed by atoms with Crippen LogP contribution in [0.25, 0.3) is 0 Å². The molecule has 3 heterocycles. The van der Waals surface area contributed by atoms with E-state index in [0.717, 1.165) is 37.9 Å². The van der Waals surface area contributed by atoms with Crippen LogP contribution in [0, 0.1) is 5.82 Å². The maximum atomic E-state index is 13.9. The molecule has 196 valence electrons. The van der Waals surface area contributed by atoms with E-state index in [0.29, 0.717) is 50.4 Å². The number of ether oxygens (including phenoxy) is 3. The van der Waals surface area contributed by atoms with Gasteiger partial charge in [0, 0.05) is 18.5 Å². The molecular weight excluding hydrogens is 451 g/mol. The second-order valence-corrected chi connectivity index (χ2v) is 12.1. The Morgan fingerprint density at radius 3 is 2.51 bits per heavy atom. The van der Waals surface area contributed by atoms with Gasteiger partial charge in [0.1, 0.15) is 22.8 Å². The standard InChI is InChI=1S/C27H41FN2O5/c1-25(2,3)35-24(31)30-17-27(18-30)15-21(16-34-27)29-11-8-19(9-12-29)22-7-6-20(28)14-23(22)33-13-10-26(4,5)32/h6-7,14,19,21,32H,8-13,15-18H2,1-5H3/t21-/m0/s1. The van der Waals surface area contributed by atoms with Gasteiger partial charge in [-0.3, -0.25) is 4.90 Å². The minimum atomic E-state index is -0.816. The van der Waals surface area contributed by atoms with Crippen molar-refractivity contribution >= 4 is 6.09 Å². The Labute approximate surface area is 208 Å². The molecule has 3 saturated heterocycles. The topological polar surface area (TPSA) is 71.5 Å². The van der Waals surface area contributed by atoms with Crippen molar-refractivity contribution < 1.29 is 28.5 Å². The van der Waals surface area contributed by atoms with Crippen molar-refractivity contribution in [1.82, 2.24) is 9.80 Å². The van der Waals surface area contributed by atoms with E-state index in [1.165, 1.54) is 12.1 Å². The average molecular weight is 493 g/mol. The van der Waals surface area contributed by atoms with Crippen molar-refractivity contribution in [3.05, 3.63) is 29.6 Å². The molecule has 8 heteroatoms. The minimum absolute atomic E-state index is 0.239. The summed E-state index contributed by atoms with van der Waals surface area (Å²) in [6, 6.07) is 5.18. The average Bonchev–Trinajstić information content (AvgIpc) is 3.17. The van der Waals surface area contributed by atoms with Crippen LogP contribution in [0.4, 0.5) is 9.18 Å². The molecule has 7 nitrogen and oxygen atoms in total. The van der Waals surface area contributed by atoms with Gasteiger partial charge in [-0.2, -0.15) is 0 Å². The zero-order chi connectivity index (χ0) is 25.4. The largest absolute Gasteiger partial charge is 0.493 e. The second-order valence-electron chi connectivity index (χ2n) is 12.1. The molecule has 0 radical (unpaired) electrons. The van der Waals surface area contributed by atoms with Gasteiger partial charge in [0.15, 0.2) is 0 Å². The zero-order valence-corrected chi connectivity index (χ0v) is 21.8. The van der Waals surface area contributed by atoms with Crippen molar-refractivity contribution in [1.29, 1.82) is 0 Å². The second kappa shape index (κ2) is 9.87. The minimum Gasteiger partial charge on any atom is -0.493 e. The number of amides is 1. The Morgan fingerprint density at radius 1 is 1.20 bits per heavy atom. The molecule has 1 spiro atoms. The summed E-state index contributed by atoms with van der Waals surface area (Å²) < 4.78 is 31.5. The summed E-state index contributed by atoms with van der Waals surface area (Å²) in [5.41, 5.74) is -0.498. The number of nitrogens with zero attached hydrogens (tertiary/aromatic N) is 2. The molecule has 4 rings (SSSR count). The van der Waals surface area contributed by atoms with Crippen LogP contribution < -0.4 is 4.74 Å². The highest BCUT2D eigenvalue weighted by Crippen LogP contribution is 2.40. The monoisotopic (exact) mass is 492 g/mol. The number of aliphatic hydroxyl groups is 1. The van der Waals surface area contributed by atoms with Crippen molar-refractivity contribution in [3.63, 3.8) is 0 Å². The fraction of sp³-hybridized carbons (Fsp3) is 0.741. The van der Waals surface area contributed by atoms with E-state index in [1.807, 2.05) is 26.8 Å². The summed E-state index contributed by atoms with van der Waals surface area (Å²) in [6.07, 6.45) is 3.09. The fourth-order valence-corrected chi connectivity index (χ4v) is 5.34. The van der Waals surface area contributed by atoms with Crippen LogP contribution >= 0.6 is 0 Å². The first-order valence-corrected chi connectivity index (χ1v) is 12.8. The molecular formula is C27H41FN2O5. The smallest absolute Gasteiger partial charge is 0.410 e. The number of carbonyl (C=O) groups excluding carboxylic acids is 1. The lowest BCUT2D eigenvalue weighted by atomic mass is 9.86. The number of hydrogen-bond donors (Lipinski definition) is 1. The van der Waals surface area contributed by atoms with E-state index in [1.54, 1.807) is 18.7 Å². The van der Waals surface area contributed by atoms with Crippen LogP contribution in [0.3, 0.4) is 0 Å². The van der Waals surface area contributed by atoms with E-state index < -0.39 is 11.2 Å². The summed E-state index contributed by atoms with van der Waals surface area (Å²) in [5, 5.41) is 9.95. The molecule has 3 aliphatic heterocycles. The Bertz CT molecular complexity index is 896. The van der Waals surface area contributed by atoms with Gasteiger partial charge in [0.05, 0.1) is 31.9 Å². The molecule has 0 aliphatic carbocycles. The van der Waals surface area contributed by atoms with Crippen molar-refractivity contribution in [2.75, 3.05) is 39.4 Å². The Hall–Kier alpha value is -1.90. The van der Waals surface area contributed by atoms with Crippen molar-refractivity contribution in [2.24, 2.45) is 0 Å². The van der Waals surface area contributed by atoms with Gasteiger partial charge in [-0.05, 0) is 84.5 Å². The molecule has 0 saturated carbocycles. The van der Waals surface area contributed by atoms with Crippen molar-refractivity contribution in [3.8, 4) is 5.75 Å². The molecule has 1 aromatic rings. The molecule has 35 heavy (non-hydrogen) atoms. The first-order valence-electron chi connectivity index (χ1n) is 12.8. The lowest BCUT2D eigenvalue weighted by Crippen LogP contribution is -2.64. The third-order valence-electron chi connectivity index (χ3n) is 7.23. The number of rotatable bonds is 6. The van der Waals surface area contributed by atoms with E-state index in [9.17, 15) is 14.3 Å². The van der Waals surface area contributed by atoms with Crippen LogP contribution in [0.5, 0.6) is 5.75 Å². The molecule has 3 aliphatic rings. The number of likely N-dealkylation sites (tertiary alicyclic amines) is 2. The molecule has 1 amide bonds. The summed E-state index contributed by atoms with van der Waals surface area (Å²) in [6.45, 7) is 13.2. The zero-order valence-electron chi connectivity index (χ0n) is 21.8. The van der Waals surface area contributed by atoms with Crippen molar-refractivity contribution in [2.45, 2.75) is 89.1 Å². The van der Waals surface area contributed by atoms with Crippen LogP contribution in [-0.4, -0.2) is 83.2 Å². The van der Waals surface area contributed by atoms with Crippen LogP contribution in [-0.2, 0) is 9.47 Å². The lowest BCUT2D eigenvalue weighted by molar-refractivity contribution is -0.109. The highest BCUT2D eigenvalue weighted by Gasteiger charge is 2.53. The van der Waals surface area contributed by atoms with Gasteiger partial charge in [0.2, 0.25) is 0 Å². The SMILES string of the molecule is CC(C)(O)CCOc1cc(F)ccc1C1CCN([C@@H]2COC3(C2)CN(C(=O)OC(C)(C)C)C3)CC1. The molecule has 3 fully saturated rings. The summed E-state index contributed by atoms with van der Waals surface area (Å²) in [7, 11) is 0. The van der Waals surface area contributed by atoms with Crippen LogP contribution in [0.1, 0.15) is 71.8 Å². The summed E-state index contributed by atoms with van der Waals surface area (Å²) >= 11 is 0. The molecule has 0 bridgehead atoms. The first-order chi connectivity index (χ1) is 16.3. The van der Waals surface area contributed by atoms with Gasteiger partial charge < -0.3 is 24.2 Å². The van der Waals surface area contributed by atoms with E-state index in [-0.39, 0.29) is 17.5 Å². The number of benzene rings is 1. The Balaban J connectivity index is 1.27. The maximum Gasteiger partial charge on any atom is 0.410 e. The molecule has 0 unspecified atom stereocenters.